The average Bonchev–Trinajstić information content (AvgIpc) is 2.28. The fourth-order valence-corrected chi connectivity index (χ4v) is 1.78. The molecule has 0 aliphatic rings. The van der Waals surface area contributed by atoms with Crippen molar-refractivity contribution >= 4 is 12.1 Å². The molecule has 6 heteroatoms. The number of carboxylic acid groups (broad SMARTS) is 1. The number of alkyl carbamates (subject to hydrolysis) is 1. The SMILES string of the molecule is Cc1cc(O)ccc1C[C@@H](NC(=O)OC(C)(C)C)C(=O)O. The maximum absolute atomic E-state index is 11.7. The van der Waals surface area contributed by atoms with E-state index in [1.807, 2.05) is 0 Å². The summed E-state index contributed by atoms with van der Waals surface area (Å²) in [4.78, 5) is 22.9. The lowest BCUT2D eigenvalue weighted by Gasteiger charge is -2.22. The molecule has 0 aliphatic heterocycles. The maximum atomic E-state index is 11.7. The van der Waals surface area contributed by atoms with Crippen LogP contribution in [-0.4, -0.2) is 33.9 Å². The Labute approximate surface area is 123 Å². The van der Waals surface area contributed by atoms with Crippen LogP contribution in [0.1, 0.15) is 31.9 Å². The minimum atomic E-state index is -1.15. The van der Waals surface area contributed by atoms with Crippen molar-refractivity contribution in [3.8, 4) is 5.75 Å². The van der Waals surface area contributed by atoms with Gasteiger partial charge in [0.1, 0.15) is 17.4 Å². The molecule has 0 fully saturated rings. The van der Waals surface area contributed by atoms with E-state index in [-0.39, 0.29) is 12.2 Å². The number of ether oxygens (including phenoxy) is 1. The Bertz CT molecular complexity index is 533. The lowest BCUT2D eigenvalue weighted by molar-refractivity contribution is -0.139. The molecule has 1 aromatic carbocycles. The first-order valence-electron chi connectivity index (χ1n) is 6.59. The lowest BCUT2D eigenvalue weighted by atomic mass is 10.0. The second-order valence-corrected chi connectivity index (χ2v) is 5.85. The van der Waals surface area contributed by atoms with E-state index in [1.165, 1.54) is 6.07 Å². The smallest absolute Gasteiger partial charge is 0.408 e. The van der Waals surface area contributed by atoms with E-state index in [9.17, 15) is 19.8 Å². The highest BCUT2D eigenvalue weighted by Crippen LogP contribution is 2.17. The Hall–Kier alpha value is -2.24. The Morgan fingerprint density at radius 2 is 1.95 bits per heavy atom. The van der Waals surface area contributed by atoms with Crippen molar-refractivity contribution in [2.45, 2.75) is 45.8 Å². The van der Waals surface area contributed by atoms with Crippen molar-refractivity contribution < 1.29 is 24.5 Å². The third kappa shape index (κ3) is 5.72. The molecule has 0 radical (unpaired) electrons. The van der Waals surface area contributed by atoms with Gasteiger partial charge in [-0.2, -0.15) is 0 Å². The second-order valence-electron chi connectivity index (χ2n) is 5.85. The third-order valence-corrected chi connectivity index (χ3v) is 2.74. The van der Waals surface area contributed by atoms with Crippen molar-refractivity contribution in [2.75, 3.05) is 0 Å². The molecule has 0 saturated carbocycles. The monoisotopic (exact) mass is 295 g/mol. The van der Waals surface area contributed by atoms with Gasteiger partial charge in [-0.3, -0.25) is 0 Å². The summed E-state index contributed by atoms with van der Waals surface area (Å²) in [6.07, 6.45) is -0.660. The molecular formula is C15H21NO5. The molecular weight excluding hydrogens is 274 g/mol. The molecule has 0 spiro atoms. The van der Waals surface area contributed by atoms with Gasteiger partial charge >= 0.3 is 12.1 Å². The molecule has 0 unspecified atom stereocenters. The number of aryl methyl sites for hydroxylation is 1. The highest BCUT2D eigenvalue weighted by atomic mass is 16.6. The third-order valence-electron chi connectivity index (χ3n) is 2.74. The Kier molecular flexibility index (Phi) is 5.18. The van der Waals surface area contributed by atoms with Crippen LogP contribution in [0.2, 0.25) is 0 Å². The predicted molar refractivity (Wildman–Crippen MR) is 77.3 cm³/mol. The van der Waals surface area contributed by atoms with Crippen molar-refractivity contribution in [3.63, 3.8) is 0 Å². The number of amides is 1. The molecule has 3 N–H and O–H groups in total. The Morgan fingerprint density at radius 3 is 2.43 bits per heavy atom. The van der Waals surface area contributed by atoms with E-state index in [0.717, 1.165) is 11.1 Å². The van der Waals surface area contributed by atoms with Crippen LogP contribution in [0.15, 0.2) is 18.2 Å². The molecule has 116 valence electrons. The molecule has 1 aromatic rings. The summed E-state index contributed by atoms with van der Waals surface area (Å²) < 4.78 is 5.05. The van der Waals surface area contributed by atoms with Gasteiger partial charge in [0, 0.05) is 6.42 Å². The first kappa shape index (κ1) is 16.8. The highest BCUT2D eigenvalue weighted by Gasteiger charge is 2.24. The zero-order chi connectivity index (χ0) is 16.2. The van der Waals surface area contributed by atoms with Crippen LogP contribution in [-0.2, 0) is 16.0 Å². The van der Waals surface area contributed by atoms with E-state index < -0.39 is 23.7 Å². The van der Waals surface area contributed by atoms with Crippen molar-refractivity contribution in [3.05, 3.63) is 29.3 Å². The Balaban J connectivity index is 2.79. The molecule has 0 bridgehead atoms. The molecule has 0 heterocycles. The van der Waals surface area contributed by atoms with Gasteiger partial charge < -0.3 is 20.3 Å². The molecule has 1 amide bonds. The van der Waals surface area contributed by atoms with Crippen LogP contribution in [0.25, 0.3) is 0 Å². The fraction of sp³-hybridized carbons (Fsp3) is 0.467. The molecule has 0 aromatic heterocycles. The van der Waals surface area contributed by atoms with Crippen molar-refractivity contribution in [1.82, 2.24) is 5.32 Å². The first-order chi connectivity index (χ1) is 9.58. The van der Waals surface area contributed by atoms with Gasteiger partial charge in [0.2, 0.25) is 0 Å². The molecule has 0 saturated heterocycles. The molecule has 6 nitrogen and oxygen atoms in total. The number of phenols is 1. The first-order valence-corrected chi connectivity index (χ1v) is 6.59. The largest absolute Gasteiger partial charge is 0.508 e. The zero-order valence-electron chi connectivity index (χ0n) is 12.6. The molecule has 1 rings (SSSR count). The van der Waals surface area contributed by atoms with E-state index in [1.54, 1.807) is 39.8 Å². The number of carboxylic acids is 1. The number of phenolic OH excluding ortho intramolecular Hbond substituents is 1. The average molecular weight is 295 g/mol. The minimum Gasteiger partial charge on any atom is -0.508 e. The maximum Gasteiger partial charge on any atom is 0.408 e. The van der Waals surface area contributed by atoms with E-state index in [4.69, 9.17) is 4.74 Å². The lowest BCUT2D eigenvalue weighted by Crippen LogP contribution is -2.44. The predicted octanol–water partition coefficient (Wildman–Crippen LogP) is 2.22. The van der Waals surface area contributed by atoms with Gasteiger partial charge in [-0.25, -0.2) is 9.59 Å². The van der Waals surface area contributed by atoms with Crippen LogP contribution in [0.4, 0.5) is 4.79 Å². The number of aromatic hydroxyl groups is 1. The number of benzene rings is 1. The molecule has 0 aliphatic carbocycles. The topological polar surface area (TPSA) is 95.9 Å². The normalized spacial score (nSPS) is 12.6. The Morgan fingerprint density at radius 1 is 1.33 bits per heavy atom. The summed E-state index contributed by atoms with van der Waals surface area (Å²) in [6.45, 7) is 6.87. The van der Waals surface area contributed by atoms with Gasteiger partial charge in [-0.1, -0.05) is 6.07 Å². The number of hydrogen-bond donors (Lipinski definition) is 3. The van der Waals surface area contributed by atoms with Crippen LogP contribution in [0.5, 0.6) is 5.75 Å². The van der Waals surface area contributed by atoms with Gasteiger partial charge in [-0.05, 0) is 51.0 Å². The molecule has 21 heavy (non-hydrogen) atoms. The van der Waals surface area contributed by atoms with E-state index in [0.29, 0.717) is 0 Å². The molecule has 1 atom stereocenters. The fourth-order valence-electron chi connectivity index (χ4n) is 1.78. The highest BCUT2D eigenvalue weighted by molar-refractivity contribution is 5.80. The van der Waals surface area contributed by atoms with E-state index in [2.05, 4.69) is 5.32 Å². The standard InChI is InChI=1S/C15H21NO5/c1-9-7-11(17)6-5-10(9)8-12(13(18)19)16-14(20)21-15(2,3)4/h5-7,12,17H,8H2,1-4H3,(H,16,20)(H,18,19)/t12-/m1/s1. The van der Waals surface area contributed by atoms with Crippen LogP contribution < -0.4 is 5.32 Å². The summed E-state index contributed by atoms with van der Waals surface area (Å²) in [5.74, 6) is -1.03. The summed E-state index contributed by atoms with van der Waals surface area (Å²) >= 11 is 0. The number of carbonyl (C=O) groups excluding carboxylic acids is 1. The van der Waals surface area contributed by atoms with Gasteiger partial charge in [0.05, 0.1) is 0 Å². The number of rotatable bonds is 4. The van der Waals surface area contributed by atoms with Crippen LogP contribution >= 0.6 is 0 Å². The summed E-state index contributed by atoms with van der Waals surface area (Å²) in [5, 5.41) is 20.9. The number of hydrogen-bond acceptors (Lipinski definition) is 4. The van der Waals surface area contributed by atoms with Crippen LogP contribution in [0, 0.1) is 6.92 Å². The van der Waals surface area contributed by atoms with Crippen LogP contribution in [0.3, 0.4) is 0 Å². The zero-order valence-corrected chi connectivity index (χ0v) is 12.6. The number of aliphatic carboxylic acids is 1. The quantitative estimate of drug-likeness (QED) is 0.791. The second kappa shape index (κ2) is 6.47. The van der Waals surface area contributed by atoms with Crippen molar-refractivity contribution in [1.29, 1.82) is 0 Å². The summed E-state index contributed by atoms with van der Waals surface area (Å²) in [7, 11) is 0. The minimum absolute atomic E-state index is 0.112. The van der Waals surface area contributed by atoms with Gasteiger partial charge in [-0.15, -0.1) is 0 Å². The van der Waals surface area contributed by atoms with E-state index >= 15 is 0 Å². The van der Waals surface area contributed by atoms with Gasteiger partial charge in [0.25, 0.3) is 0 Å². The summed E-state index contributed by atoms with van der Waals surface area (Å²) in [6, 6.07) is 3.57. The number of nitrogens with one attached hydrogen (secondary N) is 1. The number of carbonyl (C=O) groups is 2. The van der Waals surface area contributed by atoms with Crippen molar-refractivity contribution in [2.24, 2.45) is 0 Å². The van der Waals surface area contributed by atoms with Gasteiger partial charge in [0.15, 0.2) is 0 Å². The summed E-state index contributed by atoms with van der Waals surface area (Å²) in [5.41, 5.74) is 0.796.